The lowest BCUT2D eigenvalue weighted by Gasteiger charge is -2.37. The van der Waals surface area contributed by atoms with Crippen molar-refractivity contribution in [3.05, 3.63) is 77.0 Å². The Balaban J connectivity index is 1.28. The van der Waals surface area contributed by atoms with E-state index in [1.54, 1.807) is 51.1 Å². The Morgan fingerprint density at radius 2 is 1.82 bits per heavy atom. The SMILES string of the molecule is C[C@@H](NC(=O)c1cnnc(N2CCC3(COC3)C2)c1)c1ccc(-c2cc(C(F)(F)F)ccc2CNC(=O)OC(C)(C)C)cc1. The van der Waals surface area contributed by atoms with E-state index in [1.165, 1.54) is 12.3 Å². The Hall–Kier alpha value is -4.19. The fourth-order valence-corrected chi connectivity index (χ4v) is 5.36. The summed E-state index contributed by atoms with van der Waals surface area (Å²) in [4.78, 5) is 27.4. The van der Waals surface area contributed by atoms with E-state index in [2.05, 4.69) is 25.7 Å². The predicted molar refractivity (Wildman–Crippen MR) is 158 cm³/mol. The molecule has 0 aliphatic carbocycles. The highest BCUT2D eigenvalue weighted by Gasteiger charge is 2.45. The number of nitrogens with one attached hydrogen (secondary N) is 2. The minimum Gasteiger partial charge on any atom is -0.444 e. The Morgan fingerprint density at radius 3 is 2.43 bits per heavy atom. The number of amides is 2. The summed E-state index contributed by atoms with van der Waals surface area (Å²) in [6.45, 7) is 10.1. The Kier molecular flexibility index (Phi) is 8.57. The van der Waals surface area contributed by atoms with Crippen molar-refractivity contribution in [3.8, 4) is 11.1 Å². The molecule has 0 bridgehead atoms. The van der Waals surface area contributed by atoms with Gasteiger partial charge in [-0.3, -0.25) is 4.79 Å². The first-order chi connectivity index (χ1) is 20.7. The summed E-state index contributed by atoms with van der Waals surface area (Å²) in [5.41, 5.74) is 1.15. The maximum atomic E-state index is 13.6. The number of aromatic nitrogens is 2. The lowest BCUT2D eigenvalue weighted by molar-refractivity contribution is -0.137. The van der Waals surface area contributed by atoms with Crippen LogP contribution in [0.2, 0.25) is 0 Å². The van der Waals surface area contributed by atoms with Crippen molar-refractivity contribution in [1.29, 1.82) is 0 Å². The number of hydrogen-bond donors (Lipinski definition) is 2. The summed E-state index contributed by atoms with van der Waals surface area (Å²) in [5.74, 6) is 0.337. The van der Waals surface area contributed by atoms with Crippen LogP contribution < -0.4 is 15.5 Å². The van der Waals surface area contributed by atoms with Crippen LogP contribution in [0.1, 0.15) is 67.2 Å². The Labute approximate surface area is 254 Å². The number of anilines is 1. The van der Waals surface area contributed by atoms with Gasteiger partial charge in [-0.25, -0.2) is 4.79 Å². The molecule has 2 aromatic carbocycles. The van der Waals surface area contributed by atoms with E-state index in [4.69, 9.17) is 9.47 Å². The van der Waals surface area contributed by atoms with Gasteiger partial charge in [-0.05, 0) is 74.6 Å². The number of alkyl carbamates (subject to hydrolysis) is 1. The fourth-order valence-electron chi connectivity index (χ4n) is 5.36. The highest BCUT2D eigenvalue weighted by Crippen LogP contribution is 2.39. The van der Waals surface area contributed by atoms with Gasteiger partial charge in [0, 0.05) is 25.0 Å². The van der Waals surface area contributed by atoms with E-state index in [9.17, 15) is 22.8 Å². The van der Waals surface area contributed by atoms with E-state index in [0.717, 1.165) is 50.4 Å². The van der Waals surface area contributed by atoms with E-state index in [0.29, 0.717) is 28.1 Å². The number of benzene rings is 2. The van der Waals surface area contributed by atoms with Gasteiger partial charge >= 0.3 is 12.3 Å². The number of ether oxygens (including phenoxy) is 2. The maximum Gasteiger partial charge on any atom is 0.416 e. The van der Waals surface area contributed by atoms with Crippen LogP contribution in [-0.2, 0) is 22.2 Å². The van der Waals surface area contributed by atoms with Crippen LogP contribution in [0, 0.1) is 5.41 Å². The van der Waals surface area contributed by atoms with Gasteiger partial charge in [0.2, 0.25) is 0 Å². The average molecular weight is 612 g/mol. The van der Waals surface area contributed by atoms with Crippen molar-refractivity contribution in [2.45, 2.75) is 58.5 Å². The lowest BCUT2D eigenvalue weighted by Crippen LogP contribution is -2.44. The highest BCUT2D eigenvalue weighted by atomic mass is 19.4. The third kappa shape index (κ3) is 7.29. The summed E-state index contributed by atoms with van der Waals surface area (Å²) in [5, 5.41) is 13.8. The summed E-state index contributed by atoms with van der Waals surface area (Å²) >= 11 is 0. The summed E-state index contributed by atoms with van der Waals surface area (Å²) in [7, 11) is 0. The number of rotatable bonds is 7. The van der Waals surface area contributed by atoms with E-state index < -0.39 is 29.5 Å². The minimum absolute atomic E-state index is 0.0231. The molecule has 12 heteroatoms. The molecule has 3 heterocycles. The smallest absolute Gasteiger partial charge is 0.416 e. The molecule has 2 aliphatic heterocycles. The van der Waals surface area contributed by atoms with Crippen molar-refractivity contribution < 1.29 is 32.2 Å². The summed E-state index contributed by atoms with van der Waals surface area (Å²) in [6, 6.07) is 11.7. The van der Waals surface area contributed by atoms with Crippen molar-refractivity contribution in [2.24, 2.45) is 5.41 Å². The van der Waals surface area contributed by atoms with Crippen LogP contribution in [0.4, 0.5) is 23.8 Å². The van der Waals surface area contributed by atoms with E-state index >= 15 is 0 Å². The largest absolute Gasteiger partial charge is 0.444 e. The molecule has 3 aromatic rings. The molecule has 0 radical (unpaired) electrons. The quantitative estimate of drug-likeness (QED) is 0.343. The molecule has 2 saturated heterocycles. The number of nitrogens with zero attached hydrogens (tertiary/aromatic N) is 3. The van der Waals surface area contributed by atoms with Crippen LogP contribution in [0.3, 0.4) is 0 Å². The number of carbonyl (C=O) groups excluding carboxylic acids is 2. The molecular weight excluding hydrogens is 575 g/mol. The predicted octanol–water partition coefficient (Wildman–Crippen LogP) is 5.90. The molecule has 9 nitrogen and oxygen atoms in total. The maximum absolute atomic E-state index is 13.6. The molecule has 2 amide bonds. The topological polar surface area (TPSA) is 106 Å². The van der Waals surface area contributed by atoms with Gasteiger partial charge < -0.3 is 25.0 Å². The van der Waals surface area contributed by atoms with Crippen molar-refractivity contribution >= 4 is 17.8 Å². The third-order valence-electron chi connectivity index (χ3n) is 7.81. The van der Waals surface area contributed by atoms with Crippen LogP contribution >= 0.6 is 0 Å². The second-order valence-corrected chi connectivity index (χ2v) is 12.5. The first-order valence-electron chi connectivity index (χ1n) is 14.5. The first kappa shape index (κ1) is 31.2. The number of halogens is 3. The zero-order valence-corrected chi connectivity index (χ0v) is 25.1. The van der Waals surface area contributed by atoms with Crippen LogP contribution in [0.15, 0.2) is 54.7 Å². The van der Waals surface area contributed by atoms with Gasteiger partial charge in [0.1, 0.15) is 5.60 Å². The summed E-state index contributed by atoms with van der Waals surface area (Å²) < 4.78 is 51.3. The molecule has 1 spiro atoms. The van der Waals surface area contributed by atoms with Crippen LogP contribution in [0.25, 0.3) is 11.1 Å². The molecule has 1 aromatic heterocycles. The molecule has 2 aliphatic rings. The van der Waals surface area contributed by atoms with Crippen molar-refractivity contribution in [1.82, 2.24) is 20.8 Å². The molecule has 1 atom stereocenters. The van der Waals surface area contributed by atoms with Gasteiger partial charge in [0.25, 0.3) is 5.91 Å². The molecule has 0 unspecified atom stereocenters. The second-order valence-electron chi connectivity index (χ2n) is 12.5. The number of carbonyl (C=O) groups is 2. The van der Waals surface area contributed by atoms with Crippen molar-refractivity contribution in [3.63, 3.8) is 0 Å². The lowest BCUT2D eigenvalue weighted by atomic mass is 9.85. The molecule has 2 N–H and O–H groups in total. The standard InChI is InChI=1S/C32H36F3N5O4/c1-20(38-28(41)24-13-27(39-37-16-24)40-12-11-31(17-40)18-43-19-31)21-5-7-22(8-6-21)26-14-25(32(33,34)35)10-9-23(26)15-36-29(42)44-30(2,3)4/h5-10,13-14,16,20H,11-12,15,17-19H2,1-4H3,(H,36,42)(H,38,41)/t20-/m1/s1. The number of hydrogen-bond acceptors (Lipinski definition) is 7. The molecule has 2 fully saturated rings. The molecular formula is C32H36F3N5O4. The van der Waals surface area contributed by atoms with Gasteiger partial charge in [-0.2, -0.15) is 18.3 Å². The van der Waals surface area contributed by atoms with Crippen LogP contribution in [-0.4, -0.2) is 54.1 Å². The minimum atomic E-state index is -4.53. The van der Waals surface area contributed by atoms with E-state index in [1.807, 2.05) is 6.92 Å². The molecule has 0 saturated carbocycles. The fraction of sp³-hybridized carbons (Fsp3) is 0.438. The molecule has 5 rings (SSSR count). The first-order valence-corrected chi connectivity index (χ1v) is 14.5. The molecule has 44 heavy (non-hydrogen) atoms. The van der Waals surface area contributed by atoms with Gasteiger partial charge in [0.15, 0.2) is 5.82 Å². The molecule has 234 valence electrons. The highest BCUT2D eigenvalue weighted by molar-refractivity contribution is 5.94. The Bertz CT molecular complexity index is 1520. The normalized spacial score (nSPS) is 16.8. The Morgan fingerprint density at radius 1 is 1.09 bits per heavy atom. The zero-order valence-electron chi connectivity index (χ0n) is 25.1. The average Bonchev–Trinajstić information content (AvgIpc) is 3.42. The van der Waals surface area contributed by atoms with Gasteiger partial charge in [-0.15, -0.1) is 5.10 Å². The van der Waals surface area contributed by atoms with E-state index in [-0.39, 0.29) is 17.9 Å². The van der Waals surface area contributed by atoms with Gasteiger partial charge in [-0.1, -0.05) is 30.3 Å². The van der Waals surface area contributed by atoms with Crippen molar-refractivity contribution in [2.75, 3.05) is 31.2 Å². The third-order valence-corrected chi connectivity index (χ3v) is 7.81. The van der Waals surface area contributed by atoms with Gasteiger partial charge in [0.05, 0.1) is 36.6 Å². The second kappa shape index (κ2) is 12.1. The summed E-state index contributed by atoms with van der Waals surface area (Å²) in [6.07, 6.45) is -2.76. The zero-order chi connectivity index (χ0) is 31.7. The van der Waals surface area contributed by atoms with Crippen LogP contribution in [0.5, 0.6) is 0 Å². The number of alkyl halides is 3. The monoisotopic (exact) mass is 611 g/mol.